The van der Waals surface area contributed by atoms with Gasteiger partial charge in [0, 0.05) is 19.8 Å². The third-order valence-electron chi connectivity index (χ3n) is 4.08. The number of ether oxygens (including phenoxy) is 1. The minimum absolute atomic E-state index is 0. The molecule has 0 atom stereocenters. The van der Waals surface area contributed by atoms with Gasteiger partial charge in [-0.05, 0) is 41.5 Å². The molecular weight excluding hydrogens is 470 g/mol. The van der Waals surface area contributed by atoms with E-state index in [0.717, 1.165) is 12.2 Å². The lowest BCUT2D eigenvalue weighted by molar-refractivity contribution is 0.311. The van der Waals surface area contributed by atoms with Crippen molar-refractivity contribution in [2.24, 2.45) is 4.99 Å². The molecule has 0 saturated heterocycles. The molecule has 0 saturated carbocycles. The van der Waals surface area contributed by atoms with Crippen molar-refractivity contribution in [2.45, 2.75) is 13.0 Å². The van der Waals surface area contributed by atoms with Crippen LogP contribution in [0, 0.1) is 5.82 Å². The van der Waals surface area contributed by atoms with Crippen LogP contribution in [-0.2, 0) is 6.54 Å². The molecule has 0 aliphatic heterocycles. The first-order valence-electron chi connectivity index (χ1n) is 8.92. The van der Waals surface area contributed by atoms with E-state index in [9.17, 15) is 4.39 Å². The molecule has 0 aliphatic carbocycles. The summed E-state index contributed by atoms with van der Waals surface area (Å²) in [4.78, 5) is 8.14. The highest BCUT2D eigenvalue weighted by Gasteiger charge is 2.04. The van der Waals surface area contributed by atoms with Gasteiger partial charge in [0.2, 0.25) is 0 Å². The highest BCUT2D eigenvalue weighted by Crippen LogP contribution is 2.20. The number of aliphatic imine (C=N–C) groups is 1. The Kier molecular flexibility index (Phi) is 8.93. The van der Waals surface area contributed by atoms with Crippen LogP contribution >= 0.6 is 24.0 Å². The van der Waals surface area contributed by atoms with Crippen LogP contribution in [0.1, 0.15) is 12.1 Å². The minimum Gasteiger partial charge on any atom is -0.494 e. The molecule has 7 heteroatoms. The van der Waals surface area contributed by atoms with Crippen molar-refractivity contribution in [3.63, 3.8) is 0 Å². The molecule has 0 unspecified atom stereocenters. The van der Waals surface area contributed by atoms with Gasteiger partial charge < -0.3 is 15.4 Å². The van der Waals surface area contributed by atoms with E-state index in [0.29, 0.717) is 24.8 Å². The Labute approximate surface area is 181 Å². The van der Waals surface area contributed by atoms with Crippen molar-refractivity contribution in [3.8, 4) is 5.75 Å². The molecular formula is C21H24FIN4O. The summed E-state index contributed by atoms with van der Waals surface area (Å²) >= 11 is 0. The predicted molar refractivity (Wildman–Crippen MR) is 122 cm³/mol. The summed E-state index contributed by atoms with van der Waals surface area (Å²) in [5.74, 6) is 1.14. The number of fused-ring (bicyclic) bond motifs is 1. The number of hydrogen-bond donors (Lipinski definition) is 2. The Bertz CT molecular complexity index is 920. The van der Waals surface area contributed by atoms with Gasteiger partial charge in [-0.1, -0.05) is 30.3 Å². The van der Waals surface area contributed by atoms with Crippen LogP contribution in [0.3, 0.4) is 0 Å². The highest BCUT2D eigenvalue weighted by molar-refractivity contribution is 14.0. The largest absolute Gasteiger partial charge is 0.494 e. The summed E-state index contributed by atoms with van der Waals surface area (Å²) in [6.45, 7) is 1.56. The molecule has 0 amide bonds. The van der Waals surface area contributed by atoms with Gasteiger partial charge in [-0.15, -0.1) is 24.0 Å². The van der Waals surface area contributed by atoms with Crippen molar-refractivity contribution in [2.75, 3.05) is 20.2 Å². The number of benzene rings is 2. The van der Waals surface area contributed by atoms with Gasteiger partial charge in [0.1, 0.15) is 11.6 Å². The van der Waals surface area contributed by atoms with Crippen LogP contribution in [0.25, 0.3) is 10.8 Å². The molecule has 28 heavy (non-hydrogen) atoms. The molecule has 2 N–H and O–H groups in total. The Morgan fingerprint density at radius 1 is 1.07 bits per heavy atom. The number of rotatable bonds is 7. The van der Waals surface area contributed by atoms with Crippen LogP contribution in [0.4, 0.5) is 4.39 Å². The zero-order valence-corrected chi connectivity index (χ0v) is 18.0. The highest BCUT2D eigenvalue weighted by atomic mass is 127. The smallest absolute Gasteiger partial charge is 0.191 e. The lowest BCUT2D eigenvalue weighted by Crippen LogP contribution is -2.38. The second kappa shape index (κ2) is 11.4. The lowest BCUT2D eigenvalue weighted by atomic mass is 10.1. The summed E-state index contributed by atoms with van der Waals surface area (Å²) in [7, 11) is 1.68. The summed E-state index contributed by atoms with van der Waals surface area (Å²) < 4.78 is 19.4. The third kappa shape index (κ3) is 6.33. The van der Waals surface area contributed by atoms with Gasteiger partial charge in [-0.25, -0.2) is 4.39 Å². The number of halogens is 2. The number of hydrogen-bond acceptors (Lipinski definition) is 3. The van der Waals surface area contributed by atoms with Gasteiger partial charge in [0.15, 0.2) is 5.96 Å². The van der Waals surface area contributed by atoms with E-state index in [4.69, 9.17) is 4.74 Å². The fourth-order valence-electron chi connectivity index (χ4n) is 2.66. The molecule has 3 rings (SSSR count). The average molecular weight is 494 g/mol. The Hall–Kier alpha value is -2.42. The van der Waals surface area contributed by atoms with Gasteiger partial charge in [-0.2, -0.15) is 0 Å². The second-order valence-corrected chi connectivity index (χ2v) is 6.00. The van der Waals surface area contributed by atoms with Crippen molar-refractivity contribution in [1.82, 2.24) is 15.6 Å². The Balaban J connectivity index is 0.00000280. The molecule has 3 aromatic rings. The maximum atomic E-state index is 13.6. The normalized spacial score (nSPS) is 11.0. The number of nitrogens with zero attached hydrogens (tertiary/aromatic N) is 2. The van der Waals surface area contributed by atoms with Crippen molar-refractivity contribution in [1.29, 1.82) is 0 Å². The minimum atomic E-state index is -0.329. The van der Waals surface area contributed by atoms with E-state index < -0.39 is 0 Å². The topological polar surface area (TPSA) is 58.5 Å². The summed E-state index contributed by atoms with van der Waals surface area (Å²) in [6, 6.07) is 17.3. The molecule has 5 nitrogen and oxygen atoms in total. The van der Waals surface area contributed by atoms with E-state index in [1.165, 1.54) is 16.8 Å². The first-order valence-corrected chi connectivity index (χ1v) is 8.92. The molecule has 1 heterocycles. The van der Waals surface area contributed by atoms with E-state index in [1.54, 1.807) is 19.3 Å². The second-order valence-electron chi connectivity index (χ2n) is 6.00. The van der Waals surface area contributed by atoms with E-state index in [-0.39, 0.29) is 36.3 Å². The summed E-state index contributed by atoms with van der Waals surface area (Å²) in [5.41, 5.74) is 0.361. The summed E-state index contributed by atoms with van der Waals surface area (Å²) in [5, 5.41) is 8.60. The first-order chi connectivity index (χ1) is 13.3. The van der Waals surface area contributed by atoms with Gasteiger partial charge in [0.05, 0.1) is 18.8 Å². The van der Waals surface area contributed by atoms with Gasteiger partial charge in [-0.3, -0.25) is 9.98 Å². The Morgan fingerprint density at radius 2 is 1.89 bits per heavy atom. The zero-order chi connectivity index (χ0) is 18.9. The van der Waals surface area contributed by atoms with Crippen LogP contribution in [0.5, 0.6) is 5.75 Å². The molecule has 0 bridgehead atoms. The zero-order valence-electron chi connectivity index (χ0n) is 15.7. The molecule has 0 fully saturated rings. The number of nitrogens with one attached hydrogen (secondary N) is 2. The van der Waals surface area contributed by atoms with Gasteiger partial charge in [0.25, 0.3) is 0 Å². The van der Waals surface area contributed by atoms with E-state index in [1.807, 2.05) is 24.3 Å². The number of pyridine rings is 1. The van der Waals surface area contributed by atoms with Crippen LogP contribution in [0.15, 0.2) is 65.8 Å². The van der Waals surface area contributed by atoms with Crippen molar-refractivity contribution < 1.29 is 9.13 Å². The Morgan fingerprint density at radius 3 is 2.68 bits per heavy atom. The number of aromatic nitrogens is 1. The average Bonchev–Trinajstić information content (AvgIpc) is 2.71. The fraction of sp³-hybridized carbons (Fsp3) is 0.238. The predicted octanol–water partition coefficient (Wildman–Crippen LogP) is 4.13. The molecule has 0 spiro atoms. The van der Waals surface area contributed by atoms with E-state index >= 15 is 0 Å². The fourth-order valence-corrected chi connectivity index (χ4v) is 2.66. The number of guanidine groups is 1. The standard InChI is InChI=1S/C21H23FN4O.HI/c1-23-21(26-15-20-19(22)8-4-11-24-20)25-12-5-13-27-18-10-9-16-6-2-3-7-17(16)14-18;/h2-4,6-11,14H,5,12-13,15H2,1H3,(H2,23,25,26);1H. The van der Waals surface area contributed by atoms with Gasteiger partial charge >= 0.3 is 0 Å². The van der Waals surface area contributed by atoms with Crippen LogP contribution in [0.2, 0.25) is 0 Å². The molecule has 2 aromatic carbocycles. The third-order valence-corrected chi connectivity index (χ3v) is 4.08. The van der Waals surface area contributed by atoms with Crippen molar-refractivity contribution in [3.05, 3.63) is 72.3 Å². The molecule has 148 valence electrons. The lowest BCUT2D eigenvalue weighted by Gasteiger charge is -2.12. The maximum absolute atomic E-state index is 13.6. The maximum Gasteiger partial charge on any atom is 0.191 e. The van der Waals surface area contributed by atoms with Crippen LogP contribution < -0.4 is 15.4 Å². The first kappa shape index (κ1) is 21.9. The quantitative estimate of drug-likeness (QED) is 0.225. The molecule has 0 aliphatic rings. The molecule has 1 aromatic heterocycles. The van der Waals surface area contributed by atoms with Crippen LogP contribution in [-0.4, -0.2) is 31.1 Å². The van der Waals surface area contributed by atoms with E-state index in [2.05, 4.69) is 38.8 Å². The SMILES string of the molecule is CN=C(NCCCOc1ccc2ccccc2c1)NCc1ncccc1F.I. The molecule has 0 radical (unpaired) electrons. The van der Waals surface area contributed by atoms with Crippen molar-refractivity contribution >= 4 is 40.7 Å². The summed E-state index contributed by atoms with van der Waals surface area (Å²) in [6.07, 6.45) is 2.38. The monoisotopic (exact) mass is 494 g/mol.